The molecule has 2 fully saturated rings. The summed E-state index contributed by atoms with van der Waals surface area (Å²) in [6.07, 6.45) is 1.27. The van der Waals surface area contributed by atoms with Crippen LogP contribution in [0.2, 0.25) is 0 Å². The molecular weight excluding hydrogens is 425 g/mol. The number of hydrogen-bond acceptors (Lipinski definition) is 5. The predicted molar refractivity (Wildman–Crippen MR) is 118 cm³/mol. The van der Waals surface area contributed by atoms with Gasteiger partial charge < -0.3 is 9.32 Å². The minimum absolute atomic E-state index is 0.0520. The van der Waals surface area contributed by atoms with Crippen LogP contribution >= 0.6 is 0 Å². The number of imide groups is 1. The number of likely N-dealkylation sites (N-methyl/N-ethyl adjacent to an activating group) is 1. The topological polar surface area (TPSA) is 83.7 Å². The van der Waals surface area contributed by atoms with Crippen molar-refractivity contribution in [1.29, 1.82) is 0 Å². The van der Waals surface area contributed by atoms with Crippen molar-refractivity contribution in [2.45, 2.75) is 37.0 Å². The van der Waals surface area contributed by atoms with Crippen LogP contribution in [-0.4, -0.2) is 52.6 Å². The van der Waals surface area contributed by atoms with E-state index in [-0.39, 0.29) is 30.6 Å². The maximum Gasteiger partial charge on any atom is 0.240 e. The number of carbonyl (C=O) groups is 3. The number of piperidine rings is 1. The van der Waals surface area contributed by atoms with Crippen molar-refractivity contribution < 1.29 is 23.2 Å². The third-order valence-corrected chi connectivity index (χ3v) is 6.81. The Morgan fingerprint density at radius 3 is 2.76 bits per heavy atom. The van der Waals surface area contributed by atoms with Gasteiger partial charge in [-0.1, -0.05) is 24.3 Å². The Morgan fingerprint density at radius 1 is 1.21 bits per heavy atom. The lowest BCUT2D eigenvalue weighted by atomic mass is 9.75. The highest BCUT2D eigenvalue weighted by Crippen LogP contribution is 2.40. The standard InChI is InChI=1S/C25H24FN3O4/c1-28-21(30)13-25(24(28)32,17-7-4-8-18(26)12-17)14-22(31)29-11-5-6-16(15-29)23-27-19-9-2-3-10-20(19)33-23/h2-4,7-10,12,16H,5-6,11,13-15H2,1H3/t16-,25-/m0/s1. The van der Waals surface area contributed by atoms with E-state index in [1.807, 2.05) is 24.3 Å². The van der Waals surface area contributed by atoms with Gasteiger partial charge >= 0.3 is 0 Å². The highest BCUT2D eigenvalue weighted by Gasteiger charge is 2.53. The quantitative estimate of drug-likeness (QED) is 0.570. The fraction of sp³-hybridized carbons (Fsp3) is 0.360. The number of oxazole rings is 1. The van der Waals surface area contributed by atoms with Crippen LogP contribution in [0.1, 0.15) is 43.1 Å². The van der Waals surface area contributed by atoms with Gasteiger partial charge in [0.05, 0.1) is 11.3 Å². The van der Waals surface area contributed by atoms with E-state index in [1.54, 1.807) is 11.0 Å². The normalized spacial score (nSPS) is 23.5. The fourth-order valence-corrected chi connectivity index (χ4v) is 4.98. The summed E-state index contributed by atoms with van der Waals surface area (Å²) in [6, 6.07) is 13.2. The van der Waals surface area contributed by atoms with Gasteiger partial charge in [0.25, 0.3) is 0 Å². The number of nitrogens with zero attached hydrogens (tertiary/aromatic N) is 3. The summed E-state index contributed by atoms with van der Waals surface area (Å²) in [5.41, 5.74) is 0.444. The van der Waals surface area contributed by atoms with Gasteiger partial charge in [0.1, 0.15) is 11.3 Å². The van der Waals surface area contributed by atoms with Crippen molar-refractivity contribution in [3.63, 3.8) is 0 Å². The first-order valence-corrected chi connectivity index (χ1v) is 11.1. The molecule has 3 aromatic rings. The Kier molecular flexibility index (Phi) is 5.23. The third kappa shape index (κ3) is 3.69. The lowest BCUT2D eigenvalue weighted by Gasteiger charge is -2.34. The average molecular weight is 449 g/mol. The van der Waals surface area contributed by atoms with Crippen LogP contribution in [0.5, 0.6) is 0 Å². The summed E-state index contributed by atoms with van der Waals surface area (Å²) in [5, 5.41) is 0. The van der Waals surface area contributed by atoms with Gasteiger partial charge in [0, 0.05) is 33.0 Å². The Hall–Kier alpha value is -3.55. The average Bonchev–Trinajstić information content (AvgIpc) is 3.35. The minimum atomic E-state index is -1.39. The van der Waals surface area contributed by atoms with Crippen molar-refractivity contribution in [3.05, 3.63) is 65.8 Å². The second kappa shape index (κ2) is 8.10. The largest absolute Gasteiger partial charge is 0.440 e. The molecule has 0 saturated carbocycles. The maximum absolute atomic E-state index is 14.0. The molecule has 33 heavy (non-hydrogen) atoms. The van der Waals surface area contributed by atoms with Crippen molar-refractivity contribution in [1.82, 2.24) is 14.8 Å². The van der Waals surface area contributed by atoms with Gasteiger partial charge in [0.15, 0.2) is 11.5 Å². The zero-order valence-electron chi connectivity index (χ0n) is 18.3. The molecule has 2 saturated heterocycles. The molecule has 1 aromatic heterocycles. The first-order chi connectivity index (χ1) is 15.9. The zero-order chi connectivity index (χ0) is 23.2. The lowest BCUT2D eigenvalue weighted by Crippen LogP contribution is -2.45. The van der Waals surface area contributed by atoms with E-state index in [9.17, 15) is 18.8 Å². The van der Waals surface area contributed by atoms with Crippen LogP contribution in [-0.2, 0) is 19.8 Å². The number of rotatable bonds is 4. The summed E-state index contributed by atoms with van der Waals surface area (Å²) in [5.74, 6) is -1.05. The molecule has 3 heterocycles. The Morgan fingerprint density at radius 2 is 2.03 bits per heavy atom. The molecule has 0 N–H and O–H groups in total. The second-order valence-corrected chi connectivity index (χ2v) is 8.90. The molecule has 0 spiro atoms. The van der Waals surface area contributed by atoms with Crippen LogP contribution in [0.15, 0.2) is 52.9 Å². The first kappa shape index (κ1) is 21.3. The number of likely N-dealkylation sites (tertiary alicyclic amines) is 2. The van der Waals surface area contributed by atoms with Crippen molar-refractivity contribution in [3.8, 4) is 0 Å². The van der Waals surface area contributed by atoms with Crippen LogP contribution in [0.3, 0.4) is 0 Å². The molecular formula is C25H24FN3O4. The summed E-state index contributed by atoms with van der Waals surface area (Å²) >= 11 is 0. The SMILES string of the molecule is CN1C(=O)C[C@](CC(=O)N2CCC[C@H](c3nc4ccccc4o3)C2)(c2cccc(F)c2)C1=O. The van der Waals surface area contributed by atoms with Gasteiger partial charge in [-0.15, -0.1) is 0 Å². The molecule has 2 atom stereocenters. The number of benzene rings is 2. The number of carbonyl (C=O) groups excluding carboxylic acids is 3. The molecule has 3 amide bonds. The minimum Gasteiger partial charge on any atom is -0.440 e. The molecule has 170 valence electrons. The Balaban J connectivity index is 1.40. The number of fused-ring (bicyclic) bond motifs is 1. The monoisotopic (exact) mass is 449 g/mol. The van der Waals surface area contributed by atoms with Crippen LogP contribution in [0.4, 0.5) is 4.39 Å². The van der Waals surface area contributed by atoms with E-state index in [2.05, 4.69) is 4.98 Å². The number of amides is 3. The number of hydrogen-bond donors (Lipinski definition) is 0. The summed E-state index contributed by atoms with van der Waals surface area (Å²) in [7, 11) is 1.40. The second-order valence-electron chi connectivity index (χ2n) is 8.90. The molecule has 5 rings (SSSR count). The van der Waals surface area contributed by atoms with E-state index in [4.69, 9.17) is 4.42 Å². The highest BCUT2D eigenvalue weighted by atomic mass is 19.1. The molecule has 0 unspecified atom stereocenters. The van der Waals surface area contributed by atoms with Crippen molar-refractivity contribution >= 4 is 28.8 Å². The third-order valence-electron chi connectivity index (χ3n) is 6.81. The molecule has 7 nitrogen and oxygen atoms in total. The summed E-state index contributed by atoms with van der Waals surface area (Å²) in [4.78, 5) is 46.3. The molecule has 2 aromatic carbocycles. The highest BCUT2D eigenvalue weighted by molar-refractivity contribution is 6.10. The van der Waals surface area contributed by atoms with E-state index in [0.717, 1.165) is 23.3 Å². The maximum atomic E-state index is 14.0. The fourth-order valence-electron chi connectivity index (χ4n) is 4.98. The van der Waals surface area contributed by atoms with E-state index in [0.29, 0.717) is 30.1 Å². The number of halogens is 1. The van der Waals surface area contributed by atoms with Crippen LogP contribution in [0, 0.1) is 5.82 Å². The van der Waals surface area contributed by atoms with Gasteiger partial charge in [-0.25, -0.2) is 9.37 Å². The molecule has 2 aliphatic rings. The van der Waals surface area contributed by atoms with Gasteiger partial charge in [-0.05, 0) is 42.7 Å². The van der Waals surface area contributed by atoms with Crippen molar-refractivity contribution in [2.24, 2.45) is 0 Å². The van der Waals surface area contributed by atoms with Crippen molar-refractivity contribution in [2.75, 3.05) is 20.1 Å². The number of aromatic nitrogens is 1. The molecule has 0 radical (unpaired) electrons. The molecule has 0 aliphatic carbocycles. The Bertz CT molecular complexity index is 1220. The molecule has 0 bridgehead atoms. The smallest absolute Gasteiger partial charge is 0.240 e. The molecule has 8 heteroatoms. The van der Waals surface area contributed by atoms with Crippen LogP contribution in [0.25, 0.3) is 11.1 Å². The predicted octanol–water partition coefficient (Wildman–Crippen LogP) is 3.39. The van der Waals surface area contributed by atoms with E-state index < -0.39 is 17.1 Å². The van der Waals surface area contributed by atoms with Gasteiger partial charge in [0.2, 0.25) is 17.7 Å². The van der Waals surface area contributed by atoms with Gasteiger partial charge in [-0.3, -0.25) is 19.3 Å². The summed E-state index contributed by atoms with van der Waals surface area (Å²) in [6.45, 7) is 0.968. The first-order valence-electron chi connectivity index (χ1n) is 11.1. The Labute approximate surface area is 190 Å². The van der Waals surface area contributed by atoms with Crippen LogP contribution < -0.4 is 0 Å². The summed E-state index contributed by atoms with van der Waals surface area (Å²) < 4.78 is 19.9. The van der Waals surface area contributed by atoms with E-state index in [1.165, 1.54) is 25.2 Å². The zero-order valence-corrected chi connectivity index (χ0v) is 18.3. The molecule has 2 aliphatic heterocycles. The number of para-hydroxylation sites is 2. The van der Waals surface area contributed by atoms with E-state index >= 15 is 0 Å². The van der Waals surface area contributed by atoms with Gasteiger partial charge in [-0.2, -0.15) is 0 Å². The lowest BCUT2D eigenvalue weighted by molar-refractivity contribution is -0.142.